The number of ether oxygens (including phenoxy) is 1. The summed E-state index contributed by atoms with van der Waals surface area (Å²) in [5.74, 6) is 0.349. The fourth-order valence-electron chi connectivity index (χ4n) is 2.57. The zero-order valence-corrected chi connectivity index (χ0v) is 11.0. The monoisotopic (exact) mass is 268 g/mol. The SMILES string of the molecule is NC(=O)c1cc(N)ccc1OCC1Cc2ccccc21. The van der Waals surface area contributed by atoms with Gasteiger partial charge in [0, 0.05) is 11.6 Å². The normalized spacial score (nSPS) is 16.1. The lowest BCUT2D eigenvalue weighted by Crippen LogP contribution is -2.24. The predicted octanol–water partition coefficient (Wildman–Crippen LogP) is 2.09. The van der Waals surface area contributed by atoms with Gasteiger partial charge in [0.05, 0.1) is 12.2 Å². The van der Waals surface area contributed by atoms with Gasteiger partial charge in [-0.2, -0.15) is 0 Å². The molecule has 102 valence electrons. The van der Waals surface area contributed by atoms with E-state index in [1.54, 1.807) is 18.2 Å². The summed E-state index contributed by atoms with van der Waals surface area (Å²) in [5, 5.41) is 0. The maximum Gasteiger partial charge on any atom is 0.252 e. The average molecular weight is 268 g/mol. The summed E-state index contributed by atoms with van der Waals surface area (Å²) in [6, 6.07) is 13.3. The lowest BCUT2D eigenvalue weighted by Gasteiger charge is -2.30. The van der Waals surface area contributed by atoms with Gasteiger partial charge in [0.1, 0.15) is 5.75 Å². The fourth-order valence-corrected chi connectivity index (χ4v) is 2.57. The Labute approximate surface area is 117 Å². The molecule has 0 radical (unpaired) electrons. The average Bonchev–Trinajstić information content (AvgIpc) is 2.41. The zero-order chi connectivity index (χ0) is 14.1. The first kappa shape index (κ1) is 12.5. The summed E-state index contributed by atoms with van der Waals surface area (Å²) in [6.45, 7) is 0.543. The van der Waals surface area contributed by atoms with E-state index < -0.39 is 5.91 Å². The van der Waals surface area contributed by atoms with Crippen LogP contribution in [0.25, 0.3) is 0 Å². The smallest absolute Gasteiger partial charge is 0.252 e. The molecule has 0 aliphatic heterocycles. The van der Waals surface area contributed by atoms with Crippen LogP contribution in [0.4, 0.5) is 5.69 Å². The number of hydrogen-bond donors (Lipinski definition) is 2. The zero-order valence-electron chi connectivity index (χ0n) is 11.0. The Morgan fingerprint density at radius 3 is 2.80 bits per heavy atom. The highest BCUT2D eigenvalue weighted by molar-refractivity contribution is 5.96. The van der Waals surface area contributed by atoms with Crippen molar-refractivity contribution in [2.75, 3.05) is 12.3 Å². The van der Waals surface area contributed by atoms with Crippen molar-refractivity contribution in [1.29, 1.82) is 0 Å². The highest BCUT2D eigenvalue weighted by Gasteiger charge is 2.26. The largest absolute Gasteiger partial charge is 0.492 e. The van der Waals surface area contributed by atoms with Crippen LogP contribution >= 0.6 is 0 Å². The van der Waals surface area contributed by atoms with Crippen molar-refractivity contribution in [3.8, 4) is 5.75 Å². The molecule has 0 spiro atoms. The van der Waals surface area contributed by atoms with E-state index in [1.165, 1.54) is 11.1 Å². The van der Waals surface area contributed by atoms with Gasteiger partial charge in [0.25, 0.3) is 5.91 Å². The Morgan fingerprint density at radius 1 is 1.25 bits per heavy atom. The predicted molar refractivity (Wildman–Crippen MR) is 77.8 cm³/mol. The van der Waals surface area contributed by atoms with Crippen LogP contribution in [0.5, 0.6) is 5.75 Å². The molecule has 4 heteroatoms. The summed E-state index contributed by atoms with van der Waals surface area (Å²) < 4.78 is 5.76. The van der Waals surface area contributed by atoms with Crippen molar-refractivity contribution in [2.45, 2.75) is 12.3 Å². The number of fused-ring (bicyclic) bond motifs is 1. The number of benzene rings is 2. The van der Waals surface area contributed by atoms with E-state index in [0.717, 1.165) is 6.42 Å². The third-order valence-electron chi connectivity index (χ3n) is 3.67. The minimum atomic E-state index is -0.527. The lowest BCUT2D eigenvalue weighted by atomic mass is 9.78. The van der Waals surface area contributed by atoms with Crippen LogP contribution in [0.15, 0.2) is 42.5 Å². The molecular formula is C16H16N2O2. The minimum absolute atomic E-state index is 0.331. The molecule has 3 rings (SSSR count). The number of primary amides is 1. The molecule has 20 heavy (non-hydrogen) atoms. The number of nitrogen functional groups attached to an aromatic ring is 1. The van der Waals surface area contributed by atoms with Crippen molar-refractivity contribution in [3.05, 3.63) is 59.2 Å². The molecule has 1 amide bonds. The summed E-state index contributed by atoms with van der Waals surface area (Å²) in [6.07, 6.45) is 1.01. The molecule has 0 bridgehead atoms. The summed E-state index contributed by atoms with van der Waals surface area (Å²) in [7, 11) is 0. The van der Waals surface area contributed by atoms with Crippen LogP contribution in [0.2, 0.25) is 0 Å². The molecule has 2 aromatic rings. The maximum atomic E-state index is 11.4. The van der Waals surface area contributed by atoms with Gasteiger partial charge in [-0.3, -0.25) is 4.79 Å². The molecule has 0 heterocycles. The minimum Gasteiger partial charge on any atom is -0.492 e. The van der Waals surface area contributed by atoms with Crippen LogP contribution in [-0.2, 0) is 6.42 Å². The van der Waals surface area contributed by atoms with E-state index >= 15 is 0 Å². The van der Waals surface area contributed by atoms with Crippen molar-refractivity contribution in [3.63, 3.8) is 0 Å². The standard InChI is InChI=1S/C16H16N2O2/c17-12-5-6-15(14(8-12)16(18)19)20-9-11-7-10-3-1-2-4-13(10)11/h1-6,8,11H,7,9,17H2,(H2,18,19). The van der Waals surface area contributed by atoms with Crippen LogP contribution in [0.3, 0.4) is 0 Å². The van der Waals surface area contributed by atoms with Crippen molar-refractivity contribution in [1.82, 2.24) is 0 Å². The lowest BCUT2D eigenvalue weighted by molar-refractivity contribution is 0.0996. The number of carbonyl (C=O) groups excluding carboxylic acids is 1. The Balaban J connectivity index is 1.73. The molecule has 4 N–H and O–H groups in total. The molecule has 4 nitrogen and oxygen atoms in total. The first-order valence-electron chi connectivity index (χ1n) is 6.55. The molecule has 2 aromatic carbocycles. The van der Waals surface area contributed by atoms with E-state index in [-0.39, 0.29) is 0 Å². The highest BCUT2D eigenvalue weighted by Crippen LogP contribution is 2.35. The Hall–Kier alpha value is -2.49. The first-order valence-corrected chi connectivity index (χ1v) is 6.55. The Morgan fingerprint density at radius 2 is 2.05 bits per heavy atom. The number of nitrogens with two attached hydrogens (primary N) is 2. The number of anilines is 1. The summed E-state index contributed by atoms with van der Waals surface area (Å²) >= 11 is 0. The van der Waals surface area contributed by atoms with Crippen LogP contribution in [0.1, 0.15) is 27.4 Å². The third kappa shape index (κ3) is 2.20. The number of hydrogen-bond acceptors (Lipinski definition) is 3. The second kappa shape index (κ2) is 4.89. The third-order valence-corrected chi connectivity index (χ3v) is 3.67. The van der Waals surface area contributed by atoms with E-state index in [0.29, 0.717) is 29.5 Å². The van der Waals surface area contributed by atoms with E-state index in [2.05, 4.69) is 12.1 Å². The van der Waals surface area contributed by atoms with E-state index in [1.807, 2.05) is 12.1 Å². The molecule has 1 aliphatic carbocycles. The molecular weight excluding hydrogens is 252 g/mol. The van der Waals surface area contributed by atoms with Crippen molar-refractivity contribution < 1.29 is 9.53 Å². The van der Waals surface area contributed by atoms with Gasteiger partial charge in [-0.25, -0.2) is 0 Å². The van der Waals surface area contributed by atoms with Gasteiger partial charge in [0.15, 0.2) is 0 Å². The Bertz CT molecular complexity index is 667. The molecule has 0 saturated carbocycles. The fraction of sp³-hybridized carbons (Fsp3) is 0.188. The van der Waals surface area contributed by atoms with Gasteiger partial charge in [0.2, 0.25) is 0 Å². The summed E-state index contributed by atoms with van der Waals surface area (Å²) in [4.78, 5) is 11.4. The topological polar surface area (TPSA) is 78.3 Å². The number of amides is 1. The molecule has 0 fully saturated rings. The maximum absolute atomic E-state index is 11.4. The molecule has 1 unspecified atom stereocenters. The van der Waals surface area contributed by atoms with Gasteiger partial charge < -0.3 is 16.2 Å². The number of carbonyl (C=O) groups is 1. The molecule has 1 atom stereocenters. The Kier molecular flexibility index (Phi) is 3.06. The van der Waals surface area contributed by atoms with Crippen LogP contribution in [0, 0.1) is 0 Å². The first-order chi connectivity index (χ1) is 9.65. The van der Waals surface area contributed by atoms with Crippen LogP contribution < -0.4 is 16.2 Å². The van der Waals surface area contributed by atoms with E-state index in [9.17, 15) is 4.79 Å². The second-order valence-electron chi connectivity index (χ2n) is 5.03. The van der Waals surface area contributed by atoms with Crippen molar-refractivity contribution >= 4 is 11.6 Å². The summed E-state index contributed by atoms with van der Waals surface area (Å²) in [5.41, 5.74) is 14.5. The number of rotatable bonds is 4. The van der Waals surface area contributed by atoms with Gasteiger partial charge in [-0.1, -0.05) is 24.3 Å². The van der Waals surface area contributed by atoms with Gasteiger partial charge in [-0.15, -0.1) is 0 Å². The van der Waals surface area contributed by atoms with Gasteiger partial charge in [-0.05, 0) is 35.7 Å². The van der Waals surface area contributed by atoms with Crippen LogP contribution in [-0.4, -0.2) is 12.5 Å². The molecule has 0 saturated heterocycles. The molecule has 0 aromatic heterocycles. The van der Waals surface area contributed by atoms with Gasteiger partial charge >= 0.3 is 0 Å². The molecule has 1 aliphatic rings. The highest BCUT2D eigenvalue weighted by atomic mass is 16.5. The van der Waals surface area contributed by atoms with Crippen molar-refractivity contribution in [2.24, 2.45) is 5.73 Å². The second-order valence-corrected chi connectivity index (χ2v) is 5.03. The quantitative estimate of drug-likeness (QED) is 0.833. The van der Waals surface area contributed by atoms with E-state index in [4.69, 9.17) is 16.2 Å².